The van der Waals surface area contributed by atoms with Crippen molar-refractivity contribution in [2.45, 2.75) is 19.4 Å². The normalized spacial score (nSPS) is 12.7. The van der Waals surface area contributed by atoms with Crippen LogP contribution in [0.5, 0.6) is 0 Å². The smallest absolute Gasteiger partial charge is 0.125 e. The lowest BCUT2D eigenvalue weighted by molar-refractivity contribution is 0.454. The fourth-order valence-electron chi connectivity index (χ4n) is 1.62. The third-order valence-corrected chi connectivity index (χ3v) is 3.04. The van der Waals surface area contributed by atoms with E-state index in [0.29, 0.717) is 0 Å². The molecule has 0 fully saturated rings. The minimum atomic E-state index is -0.196. The molecule has 2 aromatic rings. The second-order valence-electron chi connectivity index (χ2n) is 3.69. The van der Waals surface area contributed by atoms with E-state index in [1.807, 2.05) is 36.4 Å². The minimum absolute atomic E-state index is 0.196. The Kier molecular flexibility index (Phi) is 3.46. The van der Waals surface area contributed by atoms with E-state index in [0.717, 1.165) is 28.0 Å². The molecule has 0 spiro atoms. The second-order valence-corrected chi connectivity index (χ2v) is 4.61. The summed E-state index contributed by atoms with van der Waals surface area (Å²) in [6.07, 6.45) is 0.894. The molecule has 1 atom stereocenters. The average Bonchev–Trinajstić information content (AvgIpc) is 2.76. The van der Waals surface area contributed by atoms with Crippen molar-refractivity contribution in [1.82, 2.24) is 0 Å². The zero-order chi connectivity index (χ0) is 11.5. The van der Waals surface area contributed by atoms with Gasteiger partial charge in [0.2, 0.25) is 0 Å². The fraction of sp³-hybridized carbons (Fsp3) is 0.231. The molecule has 16 heavy (non-hydrogen) atoms. The molecule has 84 valence electrons. The maximum absolute atomic E-state index is 6.14. The fourth-order valence-corrected chi connectivity index (χ4v) is 2.03. The molecule has 2 N–H and O–H groups in total. The van der Waals surface area contributed by atoms with E-state index in [2.05, 4.69) is 22.9 Å². The van der Waals surface area contributed by atoms with Crippen LogP contribution in [0.1, 0.15) is 30.0 Å². The summed E-state index contributed by atoms with van der Waals surface area (Å²) in [6.45, 7) is 2.06. The van der Waals surface area contributed by atoms with E-state index < -0.39 is 0 Å². The van der Waals surface area contributed by atoms with Crippen LogP contribution in [0.15, 0.2) is 45.3 Å². The number of hydrogen-bond donors (Lipinski definition) is 1. The Morgan fingerprint density at radius 2 is 2.12 bits per heavy atom. The van der Waals surface area contributed by atoms with Gasteiger partial charge in [-0.25, -0.2) is 0 Å². The van der Waals surface area contributed by atoms with Crippen LogP contribution in [0.25, 0.3) is 0 Å². The van der Waals surface area contributed by atoms with E-state index in [1.54, 1.807) is 0 Å². The molecule has 3 heteroatoms. The first kappa shape index (κ1) is 11.4. The largest absolute Gasteiger partial charge is 0.464 e. The number of hydrogen-bond acceptors (Lipinski definition) is 2. The highest BCUT2D eigenvalue weighted by atomic mass is 79.9. The molecule has 0 radical (unpaired) electrons. The highest BCUT2D eigenvalue weighted by Gasteiger charge is 2.12. The predicted molar refractivity (Wildman–Crippen MR) is 68.3 cm³/mol. The second kappa shape index (κ2) is 4.85. The quantitative estimate of drug-likeness (QED) is 0.932. The summed E-state index contributed by atoms with van der Waals surface area (Å²) >= 11 is 3.44. The highest BCUT2D eigenvalue weighted by molar-refractivity contribution is 9.10. The maximum Gasteiger partial charge on any atom is 0.125 e. The van der Waals surface area contributed by atoms with Crippen molar-refractivity contribution in [2.75, 3.05) is 0 Å². The summed E-state index contributed by atoms with van der Waals surface area (Å²) in [5, 5.41) is 0. The van der Waals surface area contributed by atoms with Gasteiger partial charge < -0.3 is 10.2 Å². The van der Waals surface area contributed by atoms with Crippen molar-refractivity contribution in [1.29, 1.82) is 0 Å². The lowest BCUT2D eigenvalue weighted by Crippen LogP contribution is -2.10. The Bertz CT molecular complexity index is 478. The summed E-state index contributed by atoms with van der Waals surface area (Å²) in [6, 6.07) is 11.7. The monoisotopic (exact) mass is 279 g/mol. The van der Waals surface area contributed by atoms with Gasteiger partial charge in [0.25, 0.3) is 0 Å². The number of rotatable bonds is 3. The van der Waals surface area contributed by atoms with Gasteiger partial charge in [0.15, 0.2) is 0 Å². The Morgan fingerprint density at radius 3 is 2.75 bits per heavy atom. The van der Waals surface area contributed by atoms with Gasteiger partial charge in [-0.15, -0.1) is 0 Å². The average molecular weight is 280 g/mol. The van der Waals surface area contributed by atoms with Crippen molar-refractivity contribution < 1.29 is 4.42 Å². The van der Waals surface area contributed by atoms with Crippen molar-refractivity contribution in [3.63, 3.8) is 0 Å². The zero-order valence-corrected chi connectivity index (χ0v) is 10.7. The molecular formula is C13H14BrNO. The third kappa shape index (κ3) is 2.36. The number of aryl methyl sites for hydroxylation is 1. The molecule has 0 amide bonds. The van der Waals surface area contributed by atoms with Crippen molar-refractivity contribution in [2.24, 2.45) is 5.73 Å². The number of benzene rings is 1. The molecule has 0 saturated heterocycles. The number of nitrogens with two attached hydrogens (primary N) is 1. The van der Waals surface area contributed by atoms with E-state index in [9.17, 15) is 0 Å². The van der Waals surface area contributed by atoms with Gasteiger partial charge in [0.1, 0.15) is 11.5 Å². The maximum atomic E-state index is 6.14. The summed E-state index contributed by atoms with van der Waals surface area (Å²) in [4.78, 5) is 0. The van der Waals surface area contributed by atoms with Crippen LogP contribution in [-0.4, -0.2) is 0 Å². The zero-order valence-electron chi connectivity index (χ0n) is 9.11. The lowest BCUT2D eigenvalue weighted by Gasteiger charge is -2.09. The first-order valence-electron chi connectivity index (χ1n) is 5.30. The van der Waals surface area contributed by atoms with Crippen molar-refractivity contribution in [3.05, 3.63) is 58.0 Å². The topological polar surface area (TPSA) is 39.2 Å². The van der Waals surface area contributed by atoms with Gasteiger partial charge >= 0.3 is 0 Å². The van der Waals surface area contributed by atoms with Gasteiger partial charge in [-0.1, -0.05) is 35.0 Å². The van der Waals surface area contributed by atoms with Crippen LogP contribution in [-0.2, 0) is 6.42 Å². The molecule has 0 aliphatic heterocycles. The van der Waals surface area contributed by atoms with Crippen molar-refractivity contribution >= 4 is 15.9 Å². The molecular weight excluding hydrogens is 266 g/mol. The minimum Gasteiger partial charge on any atom is -0.464 e. The van der Waals surface area contributed by atoms with Gasteiger partial charge in [-0.3, -0.25) is 0 Å². The number of furan rings is 1. The van der Waals surface area contributed by atoms with Gasteiger partial charge in [-0.2, -0.15) is 0 Å². The van der Waals surface area contributed by atoms with Gasteiger partial charge in [0, 0.05) is 10.9 Å². The Balaban J connectivity index is 2.27. The SMILES string of the molecule is CCc1ccc(C(N)c2cccc(Br)c2)o1. The summed E-state index contributed by atoms with van der Waals surface area (Å²) in [7, 11) is 0. The van der Waals surface area contributed by atoms with E-state index in [4.69, 9.17) is 10.2 Å². The molecule has 1 unspecified atom stereocenters. The Hall–Kier alpha value is -1.06. The van der Waals surface area contributed by atoms with Crippen LogP contribution in [0, 0.1) is 0 Å². The third-order valence-electron chi connectivity index (χ3n) is 2.55. The van der Waals surface area contributed by atoms with Crippen LogP contribution in [0.2, 0.25) is 0 Å². The molecule has 1 aromatic carbocycles. The Morgan fingerprint density at radius 1 is 1.31 bits per heavy atom. The van der Waals surface area contributed by atoms with Crippen molar-refractivity contribution in [3.8, 4) is 0 Å². The van der Waals surface area contributed by atoms with Gasteiger partial charge in [-0.05, 0) is 29.8 Å². The molecule has 0 aliphatic rings. The summed E-state index contributed by atoms with van der Waals surface area (Å²) in [5.74, 6) is 1.79. The molecule has 2 rings (SSSR count). The summed E-state index contributed by atoms with van der Waals surface area (Å²) in [5.41, 5.74) is 7.19. The van der Waals surface area contributed by atoms with E-state index in [1.165, 1.54) is 0 Å². The molecule has 0 aliphatic carbocycles. The molecule has 1 aromatic heterocycles. The van der Waals surface area contributed by atoms with Crippen LogP contribution >= 0.6 is 15.9 Å². The van der Waals surface area contributed by atoms with Crippen LogP contribution in [0.3, 0.4) is 0 Å². The van der Waals surface area contributed by atoms with Crippen LogP contribution < -0.4 is 5.73 Å². The first-order chi connectivity index (χ1) is 7.70. The molecule has 0 bridgehead atoms. The lowest BCUT2D eigenvalue weighted by atomic mass is 10.1. The Labute approximate surface area is 104 Å². The molecule has 2 nitrogen and oxygen atoms in total. The van der Waals surface area contributed by atoms with E-state index >= 15 is 0 Å². The highest BCUT2D eigenvalue weighted by Crippen LogP contribution is 2.24. The molecule has 1 heterocycles. The predicted octanol–water partition coefficient (Wildman–Crippen LogP) is 3.65. The first-order valence-corrected chi connectivity index (χ1v) is 6.09. The number of halogens is 1. The van der Waals surface area contributed by atoms with Crippen LogP contribution in [0.4, 0.5) is 0 Å². The molecule has 0 saturated carbocycles. The summed E-state index contributed by atoms with van der Waals surface area (Å²) < 4.78 is 6.68. The standard InChI is InChI=1S/C13H14BrNO/c1-2-11-6-7-12(16-11)13(15)9-4-3-5-10(14)8-9/h3-8,13H,2,15H2,1H3. The van der Waals surface area contributed by atoms with E-state index in [-0.39, 0.29) is 6.04 Å². The van der Waals surface area contributed by atoms with Gasteiger partial charge in [0.05, 0.1) is 6.04 Å².